The molecule has 0 saturated carbocycles. The molecule has 2 amide bonds. The third kappa shape index (κ3) is 3.67. The summed E-state index contributed by atoms with van der Waals surface area (Å²) >= 11 is 0. The van der Waals surface area contributed by atoms with Gasteiger partial charge in [0.15, 0.2) is 0 Å². The van der Waals surface area contributed by atoms with E-state index in [1.807, 2.05) is 0 Å². The van der Waals surface area contributed by atoms with Crippen molar-refractivity contribution in [2.45, 2.75) is 6.04 Å². The van der Waals surface area contributed by atoms with Crippen molar-refractivity contribution in [3.8, 4) is 5.75 Å². The summed E-state index contributed by atoms with van der Waals surface area (Å²) in [6, 6.07) is 4.37. The molecule has 0 bridgehead atoms. The summed E-state index contributed by atoms with van der Waals surface area (Å²) in [6.07, 6.45) is 0. The number of rotatable bonds is 6. The van der Waals surface area contributed by atoms with Crippen molar-refractivity contribution >= 4 is 24.0 Å². The Hall–Kier alpha value is -2.77. The lowest BCUT2D eigenvalue weighted by Crippen LogP contribution is -2.38. The number of carbonyl (C=O) groups is 3. The number of primary amides is 2. The molecule has 0 fully saturated rings. The van der Waals surface area contributed by atoms with Crippen molar-refractivity contribution in [1.29, 1.82) is 0 Å². The van der Waals surface area contributed by atoms with Crippen LogP contribution in [0.5, 0.6) is 5.75 Å². The van der Waals surface area contributed by atoms with Crippen LogP contribution in [-0.2, 0) is 14.4 Å². The van der Waals surface area contributed by atoms with Crippen molar-refractivity contribution in [2.75, 3.05) is 0 Å². The molecular weight excluding hydrogens is 240 g/mol. The van der Waals surface area contributed by atoms with Gasteiger partial charge in [-0.2, -0.15) is 10.2 Å². The Morgan fingerprint density at radius 2 is 1.72 bits per heavy atom. The fourth-order valence-electron chi connectivity index (χ4n) is 1.03. The smallest absolute Gasteiger partial charge is 0.298 e. The van der Waals surface area contributed by atoms with Crippen LogP contribution in [0.25, 0.3) is 0 Å². The summed E-state index contributed by atoms with van der Waals surface area (Å²) in [5.41, 5.74) is 10.2. The molecule has 0 aliphatic rings. The minimum absolute atomic E-state index is 0.284. The van der Waals surface area contributed by atoms with E-state index in [4.69, 9.17) is 11.5 Å². The van der Waals surface area contributed by atoms with E-state index < -0.39 is 17.9 Å². The van der Waals surface area contributed by atoms with Crippen LogP contribution >= 0.6 is 0 Å². The Labute approximate surface area is 102 Å². The molecule has 1 rings (SSSR count). The molecule has 0 aliphatic heterocycles. The van der Waals surface area contributed by atoms with Crippen LogP contribution in [0.2, 0.25) is 0 Å². The third-order valence-corrected chi connectivity index (χ3v) is 1.85. The predicted molar refractivity (Wildman–Crippen MR) is 59.8 cm³/mol. The number of azo groups is 1. The zero-order valence-corrected chi connectivity index (χ0v) is 9.15. The van der Waals surface area contributed by atoms with Crippen molar-refractivity contribution < 1.29 is 19.1 Å². The van der Waals surface area contributed by atoms with Crippen LogP contribution in [0, 0.1) is 0 Å². The zero-order valence-electron chi connectivity index (χ0n) is 9.15. The van der Waals surface area contributed by atoms with Crippen molar-refractivity contribution in [3.05, 3.63) is 24.3 Å². The third-order valence-electron chi connectivity index (χ3n) is 1.85. The minimum atomic E-state index is -1.50. The summed E-state index contributed by atoms with van der Waals surface area (Å²) in [4.78, 5) is 31.7. The summed E-state index contributed by atoms with van der Waals surface area (Å²) in [6.45, 7) is 0.284. The highest BCUT2D eigenvalue weighted by atomic mass is 16.5. The van der Waals surface area contributed by atoms with Crippen LogP contribution < -0.4 is 16.2 Å². The lowest BCUT2D eigenvalue weighted by Gasteiger charge is -2.01. The second-order valence-electron chi connectivity index (χ2n) is 3.13. The highest BCUT2D eigenvalue weighted by molar-refractivity contribution is 6.03. The van der Waals surface area contributed by atoms with Gasteiger partial charge in [-0.15, -0.1) is 0 Å². The second-order valence-corrected chi connectivity index (χ2v) is 3.13. The normalized spacial score (nSPS) is 10.5. The van der Waals surface area contributed by atoms with Crippen LogP contribution in [0.3, 0.4) is 0 Å². The molecule has 94 valence electrons. The first-order valence-corrected chi connectivity index (χ1v) is 4.74. The quantitative estimate of drug-likeness (QED) is 0.404. The first-order valence-electron chi connectivity index (χ1n) is 4.74. The zero-order chi connectivity index (χ0) is 13.5. The Balaban J connectivity index is 2.79. The van der Waals surface area contributed by atoms with E-state index in [2.05, 4.69) is 15.0 Å². The minimum Gasteiger partial charge on any atom is -0.429 e. The fraction of sp³-hybridized carbons (Fsp3) is 0.100. The second kappa shape index (κ2) is 6.09. The average Bonchev–Trinajstić information content (AvgIpc) is 2.31. The van der Waals surface area contributed by atoms with E-state index in [0.717, 1.165) is 0 Å². The number of benzene rings is 1. The maximum absolute atomic E-state index is 10.8. The van der Waals surface area contributed by atoms with Crippen molar-refractivity contribution in [1.82, 2.24) is 0 Å². The molecule has 0 heterocycles. The van der Waals surface area contributed by atoms with Crippen molar-refractivity contribution in [3.63, 3.8) is 0 Å². The van der Waals surface area contributed by atoms with Gasteiger partial charge in [-0.1, -0.05) is 0 Å². The number of carbonyl (C=O) groups excluding carboxylic acids is 3. The molecule has 0 radical (unpaired) electrons. The van der Waals surface area contributed by atoms with Gasteiger partial charge in [-0.05, 0) is 24.3 Å². The van der Waals surface area contributed by atoms with E-state index in [1.165, 1.54) is 24.3 Å². The van der Waals surface area contributed by atoms with Gasteiger partial charge < -0.3 is 16.2 Å². The first kappa shape index (κ1) is 13.3. The van der Waals surface area contributed by atoms with E-state index in [-0.39, 0.29) is 6.47 Å². The van der Waals surface area contributed by atoms with Gasteiger partial charge in [0.25, 0.3) is 18.3 Å². The molecule has 0 saturated heterocycles. The highest BCUT2D eigenvalue weighted by Gasteiger charge is 2.20. The average molecular weight is 250 g/mol. The van der Waals surface area contributed by atoms with Crippen LogP contribution in [0.1, 0.15) is 0 Å². The summed E-state index contributed by atoms with van der Waals surface area (Å²) in [5.74, 6) is -1.63. The van der Waals surface area contributed by atoms with Gasteiger partial charge in [0, 0.05) is 0 Å². The van der Waals surface area contributed by atoms with Gasteiger partial charge in [-0.3, -0.25) is 14.4 Å². The first-order chi connectivity index (χ1) is 8.54. The van der Waals surface area contributed by atoms with Gasteiger partial charge in [-0.25, -0.2) is 0 Å². The monoisotopic (exact) mass is 250 g/mol. The van der Waals surface area contributed by atoms with Gasteiger partial charge in [0.2, 0.25) is 6.04 Å². The molecule has 8 nitrogen and oxygen atoms in total. The molecule has 1 aromatic carbocycles. The molecule has 8 heteroatoms. The molecule has 0 aromatic heterocycles. The Bertz CT molecular complexity index is 469. The number of hydrogen-bond acceptors (Lipinski definition) is 6. The van der Waals surface area contributed by atoms with Crippen LogP contribution in [0.4, 0.5) is 5.69 Å². The van der Waals surface area contributed by atoms with Gasteiger partial charge in [0.1, 0.15) is 5.75 Å². The molecular formula is C10H10N4O4. The summed E-state index contributed by atoms with van der Waals surface area (Å²) in [5, 5.41) is 7.06. The number of ether oxygens (including phenoxy) is 1. The number of nitrogens with zero attached hydrogens (tertiary/aromatic N) is 2. The molecule has 0 aliphatic carbocycles. The van der Waals surface area contributed by atoms with E-state index in [9.17, 15) is 14.4 Å². The van der Waals surface area contributed by atoms with E-state index >= 15 is 0 Å². The van der Waals surface area contributed by atoms with E-state index in [0.29, 0.717) is 11.4 Å². The lowest BCUT2D eigenvalue weighted by atomic mass is 10.3. The standard InChI is InChI=1S/C10H10N4O4/c11-9(16)8(10(12)17)14-13-6-1-3-7(4-2-6)18-5-15/h1-5,8H,(H2,11,16)(H2,12,17). The predicted octanol–water partition coefficient (Wildman–Crippen LogP) is -0.355. The SMILES string of the molecule is NC(=O)C(N=Nc1ccc(OC=O)cc1)C(N)=O. The van der Waals surface area contributed by atoms with E-state index in [1.54, 1.807) is 0 Å². The molecule has 0 unspecified atom stereocenters. The van der Waals surface area contributed by atoms with Gasteiger partial charge >= 0.3 is 0 Å². The summed E-state index contributed by atoms with van der Waals surface area (Å²) < 4.78 is 4.56. The largest absolute Gasteiger partial charge is 0.429 e. The van der Waals surface area contributed by atoms with Crippen LogP contribution in [0.15, 0.2) is 34.5 Å². The topological polar surface area (TPSA) is 137 Å². The number of amides is 2. The Kier molecular flexibility index (Phi) is 4.50. The molecule has 0 atom stereocenters. The molecule has 1 aromatic rings. The Morgan fingerprint density at radius 1 is 1.17 bits per heavy atom. The lowest BCUT2D eigenvalue weighted by molar-refractivity contribution is -0.127. The van der Waals surface area contributed by atoms with Gasteiger partial charge in [0.05, 0.1) is 5.69 Å². The fourth-order valence-corrected chi connectivity index (χ4v) is 1.03. The maximum atomic E-state index is 10.8. The molecule has 0 spiro atoms. The van der Waals surface area contributed by atoms with Crippen molar-refractivity contribution in [2.24, 2.45) is 21.7 Å². The molecule has 4 N–H and O–H groups in total. The van der Waals surface area contributed by atoms with Crippen LogP contribution in [-0.4, -0.2) is 24.3 Å². The maximum Gasteiger partial charge on any atom is 0.298 e. The number of hydrogen-bond donors (Lipinski definition) is 2. The number of nitrogens with two attached hydrogens (primary N) is 2. The Morgan fingerprint density at radius 3 is 2.17 bits per heavy atom. The molecule has 18 heavy (non-hydrogen) atoms. The summed E-state index contributed by atoms with van der Waals surface area (Å²) in [7, 11) is 0. The highest BCUT2D eigenvalue weighted by Crippen LogP contribution is 2.18.